The van der Waals surface area contributed by atoms with Crippen molar-refractivity contribution in [1.82, 2.24) is 20.4 Å². The molecule has 1 aliphatic carbocycles. The second kappa shape index (κ2) is 5.63. The number of rotatable bonds is 4. The topological polar surface area (TPSA) is 54.2 Å². The van der Waals surface area contributed by atoms with Crippen LogP contribution in [0.15, 0.2) is 4.99 Å². The van der Waals surface area contributed by atoms with Gasteiger partial charge in [0.05, 0.1) is 5.69 Å². The highest BCUT2D eigenvalue weighted by molar-refractivity contribution is 5.80. The molecule has 2 N–H and O–H groups in total. The van der Waals surface area contributed by atoms with Gasteiger partial charge in [0.1, 0.15) is 0 Å². The number of nitrogens with one attached hydrogen (secondary N) is 2. The van der Waals surface area contributed by atoms with Crippen molar-refractivity contribution < 1.29 is 0 Å². The predicted octanol–water partition coefficient (Wildman–Crippen LogP) is 1.15. The van der Waals surface area contributed by atoms with Gasteiger partial charge < -0.3 is 10.6 Å². The Bertz CT molecular complexity index is 474. The molecule has 0 radical (unpaired) electrons. The van der Waals surface area contributed by atoms with E-state index in [9.17, 15) is 0 Å². The zero-order valence-corrected chi connectivity index (χ0v) is 12.6. The third-order valence-electron chi connectivity index (χ3n) is 3.98. The van der Waals surface area contributed by atoms with Crippen molar-refractivity contribution in [1.29, 1.82) is 0 Å². The van der Waals surface area contributed by atoms with E-state index in [-0.39, 0.29) is 0 Å². The number of aryl methyl sites for hydroxylation is 2. The number of hydrogen-bond acceptors (Lipinski definition) is 2. The molecule has 5 nitrogen and oxygen atoms in total. The Balaban J connectivity index is 1.82. The molecule has 0 aromatic carbocycles. The van der Waals surface area contributed by atoms with Gasteiger partial charge in [-0.3, -0.25) is 9.67 Å². The summed E-state index contributed by atoms with van der Waals surface area (Å²) in [6.45, 7) is 7.33. The van der Waals surface area contributed by atoms with Gasteiger partial charge in [-0.05, 0) is 38.2 Å². The van der Waals surface area contributed by atoms with E-state index in [1.165, 1.54) is 17.7 Å². The molecule has 0 spiro atoms. The highest BCUT2D eigenvalue weighted by atomic mass is 15.3. The first-order valence-electron chi connectivity index (χ1n) is 6.99. The lowest BCUT2D eigenvalue weighted by atomic mass is 10.1. The third kappa shape index (κ3) is 3.28. The molecule has 1 heterocycles. The molecule has 1 fully saturated rings. The van der Waals surface area contributed by atoms with Crippen LogP contribution < -0.4 is 10.6 Å². The van der Waals surface area contributed by atoms with Crippen molar-refractivity contribution in [2.45, 2.75) is 39.7 Å². The molecule has 5 heteroatoms. The highest BCUT2D eigenvalue weighted by Gasteiger charge is 2.33. The van der Waals surface area contributed by atoms with E-state index in [1.807, 2.05) is 18.8 Å². The Labute approximate surface area is 115 Å². The average Bonchev–Trinajstić information content (AvgIpc) is 3.01. The van der Waals surface area contributed by atoms with E-state index >= 15 is 0 Å². The van der Waals surface area contributed by atoms with Gasteiger partial charge in [0.15, 0.2) is 5.96 Å². The van der Waals surface area contributed by atoms with Crippen molar-refractivity contribution in [3.8, 4) is 0 Å². The summed E-state index contributed by atoms with van der Waals surface area (Å²) < 4.78 is 1.95. The summed E-state index contributed by atoms with van der Waals surface area (Å²) in [6, 6.07) is 0.605. The summed E-state index contributed by atoms with van der Waals surface area (Å²) in [7, 11) is 3.82. The Morgan fingerprint density at radius 3 is 2.63 bits per heavy atom. The number of aliphatic imine (C=N–C) groups is 1. The van der Waals surface area contributed by atoms with E-state index in [2.05, 4.69) is 41.5 Å². The Kier molecular flexibility index (Phi) is 4.12. The maximum absolute atomic E-state index is 4.44. The minimum Gasteiger partial charge on any atom is -0.356 e. The van der Waals surface area contributed by atoms with Crippen LogP contribution in [0.2, 0.25) is 0 Å². The van der Waals surface area contributed by atoms with Crippen molar-refractivity contribution in [2.24, 2.45) is 18.0 Å². The Hall–Kier alpha value is -1.52. The molecule has 19 heavy (non-hydrogen) atoms. The number of hydrogen-bond donors (Lipinski definition) is 2. The van der Waals surface area contributed by atoms with Crippen molar-refractivity contribution in [2.75, 3.05) is 13.6 Å². The maximum Gasteiger partial charge on any atom is 0.191 e. The normalized spacial score (nSPS) is 22.5. The van der Waals surface area contributed by atoms with Crippen LogP contribution in [0.4, 0.5) is 0 Å². The second-order valence-electron chi connectivity index (χ2n) is 5.49. The first-order valence-corrected chi connectivity index (χ1v) is 6.99. The number of aromatic nitrogens is 2. The van der Waals surface area contributed by atoms with E-state index in [0.29, 0.717) is 6.04 Å². The fourth-order valence-corrected chi connectivity index (χ4v) is 2.38. The van der Waals surface area contributed by atoms with E-state index in [4.69, 9.17) is 0 Å². The van der Waals surface area contributed by atoms with Crippen LogP contribution in [0.25, 0.3) is 0 Å². The summed E-state index contributed by atoms with van der Waals surface area (Å²) in [4.78, 5) is 4.26. The molecule has 1 aromatic heterocycles. The molecule has 106 valence electrons. The smallest absolute Gasteiger partial charge is 0.191 e. The number of guanidine groups is 1. The standard InChI is InChI=1S/C14H25N5/c1-9-8-13(9)17-14(15-4)16-7-6-12-10(2)18-19(5)11(12)3/h9,13H,6-8H2,1-5H3,(H2,15,16,17). The fraction of sp³-hybridized carbons (Fsp3) is 0.714. The van der Waals surface area contributed by atoms with Gasteiger partial charge in [0.2, 0.25) is 0 Å². The van der Waals surface area contributed by atoms with E-state index in [1.54, 1.807) is 0 Å². The van der Waals surface area contributed by atoms with Crippen LogP contribution in [-0.2, 0) is 13.5 Å². The first-order chi connectivity index (χ1) is 9.02. The van der Waals surface area contributed by atoms with Gasteiger partial charge in [0, 0.05) is 32.4 Å². The van der Waals surface area contributed by atoms with Gasteiger partial charge in [-0.1, -0.05) is 6.92 Å². The van der Waals surface area contributed by atoms with E-state index in [0.717, 1.165) is 30.5 Å². The molecule has 1 aromatic rings. The van der Waals surface area contributed by atoms with Crippen LogP contribution in [-0.4, -0.2) is 35.4 Å². The zero-order valence-electron chi connectivity index (χ0n) is 12.6. The van der Waals surface area contributed by atoms with Crippen LogP contribution >= 0.6 is 0 Å². The predicted molar refractivity (Wildman–Crippen MR) is 78.5 cm³/mol. The van der Waals surface area contributed by atoms with Crippen molar-refractivity contribution in [3.05, 3.63) is 17.0 Å². The summed E-state index contributed by atoms with van der Waals surface area (Å²) >= 11 is 0. The SMILES string of the molecule is CN=C(NCCc1c(C)nn(C)c1C)NC1CC1C. The van der Waals surface area contributed by atoms with Crippen LogP contribution in [0.5, 0.6) is 0 Å². The van der Waals surface area contributed by atoms with Crippen LogP contribution in [0, 0.1) is 19.8 Å². The molecule has 0 aliphatic heterocycles. The van der Waals surface area contributed by atoms with Gasteiger partial charge in [-0.25, -0.2) is 0 Å². The van der Waals surface area contributed by atoms with Crippen LogP contribution in [0.3, 0.4) is 0 Å². The molecule has 2 rings (SSSR count). The highest BCUT2D eigenvalue weighted by Crippen LogP contribution is 2.28. The minimum absolute atomic E-state index is 0.605. The lowest BCUT2D eigenvalue weighted by Gasteiger charge is -2.11. The molecule has 1 saturated carbocycles. The fourth-order valence-electron chi connectivity index (χ4n) is 2.38. The molecule has 1 aliphatic rings. The third-order valence-corrected chi connectivity index (χ3v) is 3.98. The minimum atomic E-state index is 0.605. The lowest BCUT2D eigenvalue weighted by Crippen LogP contribution is -2.40. The summed E-state index contributed by atoms with van der Waals surface area (Å²) in [6.07, 6.45) is 2.23. The molecular formula is C14H25N5. The second-order valence-corrected chi connectivity index (χ2v) is 5.49. The molecular weight excluding hydrogens is 238 g/mol. The largest absolute Gasteiger partial charge is 0.356 e. The number of nitrogens with zero attached hydrogens (tertiary/aromatic N) is 3. The molecule has 0 bridgehead atoms. The first kappa shape index (κ1) is 13.9. The van der Waals surface area contributed by atoms with Gasteiger partial charge >= 0.3 is 0 Å². The summed E-state index contributed by atoms with van der Waals surface area (Å²) in [5.41, 5.74) is 3.71. The average molecular weight is 263 g/mol. The quantitative estimate of drug-likeness (QED) is 0.633. The zero-order chi connectivity index (χ0) is 14.0. The van der Waals surface area contributed by atoms with Crippen molar-refractivity contribution in [3.63, 3.8) is 0 Å². The van der Waals surface area contributed by atoms with Crippen molar-refractivity contribution >= 4 is 5.96 Å². The van der Waals surface area contributed by atoms with Gasteiger partial charge in [0.25, 0.3) is 0 Å². The van der Waals surface area contributed by atoms with E-state index < -0.39 is 0 Å². The maximum atomic E-state index is 4.44. The lowest BCUT2D eigenvalue weighted by molar-refractivity contribution is 0.728. The Morgan fingerprint density at radius 2 is 2.16 bits per heavy atom. The Morgan fingerprint density at radius 1 is 1.47 bits per heavy atom. The molecule has 0 amide bonds. The molecule has 2 atom stereocenters. The van der Waals surface area contributed by atoms with Gasteiger partial charge in [-0.15, -0.1) is 0 Å². The molecule has 2 unspecified atom stereocenters. The molecule has 0 saturated heterocycles. The summed E-state index contributed by atoms with van der Waals surface area (Å²) in [5, 5.41) is 11.2. The van der Waals surface area contributed by atoms with Gasteiger partial charge in [-0.2, -0.15) is 5.10 Å². The monoisotopic (exact) mass is 263 g/mol. The van der Waals surface area contributed by atoms with Crippen LogP contribution in [0.1, 0.15) is 30.3 Å². The summed E-state index contributed by atoms with van der Waals surface area (Å²) in [5.74, 6) is 1.69.